The molecule has 0 radical (unpaired) electrons. The molecule has 0 saturated heterocycles. The predicted octanol–water partition coefficient (Wildman–Crippen LogP) is 3.79. The van der Waals surface area contributed by atoms with Crippen LogP contribution in [0.15, 0.2) is 48.5 Å². The van der Waals surface area contributed by atoms with Gasteiger partial charge in [0.1, 0.15) is 12.6 Å². The van der Waals surface area contributed by atoms with Crippen LogP contribution >= 0.6 is 0 Å². The summed E-state index contributed by atoms with van der Waals surface area (Å²) in [6.07, 6.45) is 2.26. The molecule has 0 aliphatic carbocycles. The smallest absolute Gasteiger partial charge is 0.244 e. The number of carbonyl (C=O) groups is 2. The summed E-state index contributed by atoms with van der Waals surface area (Å²) in [5, 5.41) is 2.97. The first-order valence-corrected chi connectivity index (χ1v) is 13.5. The average Bonchev–Trinajstić information content (AvgIpc) is 2.78. The van der Waals surface area contributed by atoms with Crippen LogP contribution in [0.1, 0.15) is 50.3 Å². The summed E-state index contributed by atoms with van der Waals surface area (Å²) in [6, 6.07) is 14.0. The van der Waals surface area contributed by atoms with Gasteiger partial charge < -0.3 is 10.2 Å². The highest BCUT2D eigenvalue weighted by Crippen LogP contribution is 2.23. The minimum Gasteiger partial charge on any atom is -0.352 e. The van der Waals surface area contributed by atoms with Crippen LogP contribution in [0.4, 0.5) is 5.69 Å². The Balaban J connectivity index is 2.44. The van der Waals surface area contributed by atoms with Gasteiger partial charge in [-0.1, -0.05) is 61.9 Å². The quantitative estimate of drug-likeness (QED) is 0.522. The molecule has 0 aromatic heterocycles. The first kappa shape index (κ1) is 27.4. The predicted molar refractivity (Wildman–Crippen MR) is 137 cm³/mol. The van der Waals surface area contributed by atoms with E-state index in [9.17, 15) is 18.0 Å². The lowest BCUT2D eigenvalue weighted by molar-refractivity contribution is -0.140. The summed E-state index contributed by atoms with van der Waals surface area (Å²) in [5.41, 5.74) is 3.15. The van der Waals surface area contributed by atoms with E-state index in [2.05, 4.69) is 5.32 Å². The summed E-state index contributed by atoms with van der Waals surface area (Å²) in [7, 11) is -3.74. The van der Waals surface area contributed by atoms with E-state index in [1.807, 2.05) is 58.0 Å². The fraction of sp³-hybridized carbons (Fsp3) is 0.462. The molecule has 7 nitrogen and oxygen atoms in total. The van der Waals surface area contributed by atoms with Crippen LogP contribution in [0.25, 0.3) is 0 Å². The number of anilines is 1. The van der Waals surface area contributed by atoms with Gasteiger partial charge in [0.15, 0.2) is 0 Å². The van der Waals surface area contributed by atoms with Crippen molar-refractivity contribution < 1.29 is 18.0 Å². The van der Waals surface area contributed by atoms with Crippen molar-refractivity contribution in [2.24, 2.45) is 0 Å². The Hall–Kier alpha value is -2.87. The van der Waals surface area contributed by atoms with Gasteiger partial charge in [-0.25, -0.2) is 8.42 Å². The van der Waals surface area contributed by atoms with E-state index in [1.165, 1.54) is 4.90 Å². The molecule has 34 heavy (non-hydrogen) atoms. The summed E-state index contributed by atoms with van der Waals surface area (Å²) in [4.78, 5) is 28.3. The van der Waals surface area contributed by atoms with Crippen molar-refractivity contribution in [3.63, 3.8) is 0 Å². The third-order valence-electron chi connectivity index (χ3n) is 5.92. The molecular formula is C26H37N3O4S. The van der Waals surface area contributed by atoms with E-state index in [0.717, 1.165) is 33.7 Å². The number of hydrogen-bond acceptors (Lipinski definition) is 4. The van der Waals surface area contributed by atoms with Crippen molar-refractivity contribution in [2.45, 2.75) is 66.1 Å². The highest BCUT2D eigenvalue weighted by Gasteiger charge is 2.32. The number of amides is 2. The second-order valence-electron chi connectivity index (χ2n) is 8.81. The molecule has 8 heteroatoms. The molecule has 0 aliphatic rings. The lowest BCUT2D eigenvalue weighted by atomic mass is 10.1. The Morgan fingerprint density at radius 2 is 1.59 bits per heavy atom. The van der Waals surface area contributed by atoms with E-state index < -0.39 is 22.0 Å². The van der Waals surface area contributed by atoms with Crippen LogP contribution in [0.2, 0.25) is 0 Å². The molecule has 0 spiro atoms. The van der Waals surface area contributed by atoms with Gasteiger partial charge in [-0.2, -0.15) is 0 Å². The number of para-hydroxylation sites is 1. The summed E-state index contributed by atoms with van der Waals surface area (Å²) in [6.45, 7) is 9.35. The zero-order valence-electron chi connectivity index (χ0n) is 21.0. The van der Waals surface area contributed by atoms with Crippen molar-refractivity contribution in [1.29, 1.82) is 0 Å². The second kappa shape index (κ2) is 12.0. The van der Waals surface area contributed by atoms with Crippen molar-refractivity contribution in [3.8, 4) is 0 Å². The number of nitrogens with one attached hydrogen (secondary N) is 1. The molecule has 0 heterocycles. The average molecular weight is 488 g/mol. The summed E-state index contributed by atoms with van der Waals surface area (Å²) < 4.78 is 26.5. The van der Waals surface area contributed by atoms with Crippen LogP contribution < -0.4 is 9.62 Å². The van der Waals surface area contributed by atoms with Gasteiger partial charge >= 0.3 is 0 Å². The van der Waals surface area contributed by atoms with Gasteiger partial charge in [0.05, 0.1) is 11.9 Å². The molecule has 0 fully saturated rings. The highest BCUT2D eigenvalue weighted by atomic mass is 32.2. The topological polar surface area (TPSA) is 86.8 Å². The van der Waals surface area contributed by atoms with E-state index >= 15 is 0 Å². The maximum Gasteiger partial charge on any atom is 0.244 e. The molecule has 1 N–H and O–H groups in total. The van der Waals surface area contributed by atoms with Gasteiger partial charge in [0, 0.05) is 12.6 Å². The van der Waals surface area contributed by atoms with Crippen LogP contribution in [0, 0.1) is 13.8 Å². The minimum absolute atomic E-state index is 0.0302. The molecule has 2 aromatic rings. The third kappa shape index (κ3) is 7.32. The number of nitrogens with zero attached hydrogens (tertiary/aromatic N) is 2. The molecule has 186 valence electrons. The lowest BCUT2D eigenvalue weighted by Gasteiger charge is -2.33. The van der Waals surface area contributed by atoms with E-state index in [1.54, 1.807) is 25.1 Å². The van der Waals surface area contributed by atoms with Crippen molar-refractivity contribution in [2.75, 3.05) is 17.1 Å². The van der Waals surface area contributed by atoms with Crippen LogP contribution in [-0.2, 0) is 26.2 Å². The Morgan fingerprint density at radius 1 is 0.971 bits per heavy atom. The molecule has 2 rings (SSSR count). The first-order chi connectivity index (χ1) is 16.0. The number of hydrogen-bond donors (Lipinski definition) is 1. The van der Waals surface area contributed by atoms with Crippen molar-refractivity contribution in [3.05, 3.63) is 65.2 Å². The number of benzene rings is 2. The zero-order chi connectivity index (χ0) is 25.5. The van der Waals surface area contributed by atoms with Crippen molar-refractivity contribution >= 4 is 27.5 Å². The monoisotopic (exact) mass is 487 g/mol. The van der Waals surface area contributed by atoms with Gasteiger partial charge in [-0.05, 0) is 50.8 Å². The van der Waals surface area contributed by atoms with E-state index in [-0.39, 0.29) is 25.0 Å². The van der Waals surface area contributed by atoms with E-state index in [0.29, 0.717) is 12.1 Å². The van der Waals surface area contributed by atoms with Gasteiger partial charge in [-0.15, -0.1) is 0 Å². The number of aryl methyl sites for hydroxylation is 2. The largest absolute Gasteiger partial charge is 0.352 e. The number of sulfonamides is 1. The fourth-order valence-corrected chi connectivity index (χ4v) is 4.60. The van der Waals surface area contributed by atoms with E-state index in [4.69, 9.17) is 0 Å². The maximum atomic E-state index is 13.7. The molecule has 2 atom stereocenters. The molecule has 2 amide bonds. The highest BCUT2D eigenvalue weighted by molar-refractivity contribution is 7.92. The van der Waals surface area contributed by atoms with Crippen LogP contribution in [-0.4, -0.2) is 50.0 Å². The fourth-order valence-electron chi connectivity index (χ4n) is 3.69. The zero-order valence-corrected chi connectivity index (χ0v) is 21.9. The molecule has 2 aromatic carbocycles. The minimum atomic E-state index is -3.74. The Morgan fingerprint density at radius 3 is 2.12 bits per heavy atom. The number of carbonyl (C=O) groups excluding carboxylic acids is 2. The Kier molecular flexibility index (Phi) is 9.67. The van der Waals surface area contributed by atoms with Gasteiger partial charge in [0.2, 0.25) is 21.8 Å². The summed E-state index contributed by atoms with van der Waals surface area (Å²) in [5.74, 6) is -0.667. The van der Waals surface area contributed by atoms with Gasteiger partial charge in [-0.3, -0.25) is 13.9 Å². The molecule has 0 unspecified atom stereocenters. The molecule has 0 aliphatic heterocycles. The lowest BCUT2D eigenvalue weighted by Crippen LogP contribution is -2.53. The summed E-state index contributed by atoms with van der Waals surface area (Å²) >= 11 is 0. The Labute approximate surface area is 204 Å². The van der Waals surface area contributed by atoms with Crippen molar-refractivity contribution in [1.82, 2.24) is 10.2 Å². The Bertz CT molecular complexity index is 1080. The van der Waals surface area contributed by atoms with Gasteiger partial charge in [0.25, 0.3) is 0 Å². The maximum absolute atomic E-state index is 13.7. The third-order valence-corrected chi connectivity index (χ3v) is 7.05. The molecule has 0 saturated carbocycles. The molecular weight excluding hydrogens is 450 g/mol. The SMILES string of the molecule is CC[C@@H](C)NC(=O)[C@H](CC)N(Cc1ccc(C)cc1)C(=O)CN(c1ccccc1C)S(C)(=O)=O. The molecule has 0 bridgehead atoms. The second-order valence-corrected chi connectivity index (χ2v) is 10.7. The standard InChI is InChI=1S/C26H37N3O4S/c1-7-21(5)27-26(31)23(8-2)28(17-22-15-13-19(3)14-16-22)25(30)18-29(34(6,32)33)24-12-10-9-11-20(24)4/h9-16,21,23H,7-8,17-18H2,1-6H3,(H,27,31)/t21-,23+/m1/s1. The normalized spacial score (nSPS) is 13.1. The van der Waals surface area contributed by atoms with Crippen LogP contribution in [0.5, 0.6) is 0 Å². The first-order valence-electron chi connectivity index (χ1n) is 11.7. The van der Waals surface area contributed by atoms with Crippen LogP contribution in [0.3, 0.4) is 0 Å². The number of rotatable bonds is 11.